The molecule has 0 saturated carbocycles. The van der Waals surface area contributed by atoms with Gasteiger partial charge in [-0.1, -0.05) is 6.92 Å². The Labute approximate surface area is 158 Å². The van der Waals surface area contributed by atoms with Crippen LogP contribution in [0.4, 0.5) is 5.82 Å². The first kappa shape index (κ1) is 18.7. The number of hydrogen-bond donors (Lipinski definition) is 2. The second-order valence-corrected chi connectivity index (χ2v) is 6.41. The number of guanidine groups is 1. The molecule has 3 heterocycles. The third-order valence-corrected chi connectivity index (χ3v) is 4.52. The van der Waals surface area contributed by atoms with Crippen LogP contribution in [0.2, 0.25) is 0 Å². The Balaban J connectivity index is 1.65. The number of rotatable bonds is 5. The van der Waals surface area contributed by atoms with Crippen LogP contribution in [0, 0.1) is 6.92 Å². The van der Waals surface area contributed by atoms with E-state index < -0.39 is 0 Å². The molecule has 0 unspecified atom stereocenters. The average molecular weight is 370 g/mol. The Hall–Kier alpha value is -3.10. The lowest BCUT2D eigenvalue weighted by Gasteiger charge is -2.35. The first-order valence-electron chi connectivity index (χ1n) is 9.11. The predicted molar refractivity (Wildman–Crippen MR) is 106 cm³/mol. The van der Waals surface area contributed by atoms with Gasteiger partial charge in [-0.2, -0.15) is 5.10 Å². The van der Waals surface area contributed by atoms with Crippen LogP contribution >= 0.6 is 0 Å². The van der Waals surface area contributed by atoms with E-state index in [1.165, 1.54) is 0 Å². The molecule has 2 N–H and O–H groups in total. The van der Waals surface area contributed by atoms with Gasteiger partial charge in [0.1, 0.15) is 5.82 Å². The minimum Gasteiger partial charge on any atom is -0.363 e. The van der Waals surface area contributed by atoms with Crippen molar-refractivity contribution in [1.29, 1.82) is 0 Å². The Kier molecular flexibility index (Phi) is 5.90. The quantitative estimate of drug-likeness (QED) is 0.616. The van der Waals surface area contributed by atoms with Gasteiger partial charge in [-0.15, -0.1) is 5.10 Å². The Morgan fingerprint density at radius 1 is 1.33 bits per heavy atom. The van der Waals surface area contributed by atoms with Crippen molar-refractivity contribution in [2.75, 3.05) is 31.5 Å². The molecule has 0 aliphatic carbocycles. The van der Waals surface area contributed by atoms with Crippen molar-refractivity contribution in [3.63, 3.8) is 0 Å². The SMILES string of the molecule is C=NC(=Nn1cccc1CNc1cc(C)[nH]n1)N1CCN(C(=O)CC)CC1. The highest BCUT2D eigenvalue weighted by Gasteiger charge is 2.22. The Morgan fingerprint density at radius 3 is 2.70 bits per heavy atom. The minimum atomic E-state index is 0.187. The number of nitrogens with one attached hydrogen (secondary N) is 2. The molecule has 1 fully saturated rings. The zero-order valence-electron chi connectivity index (χ0n) is 15.9. The van der Waals surface area contributed by atoms with Crippen molar-refractivity contribution >= 4 is 24.4 Å². The van der Waals surface area contributed by atoms with Gasteiger partial charge in [-0.05, 0) is 25.8 Å². The number of hydrogen-bond acceptors (Lipinski definition) is 4. The van der Waals surface area contributed by atoms with Crippen molar-refractivity contribution in [2.45, 2.75) is 26.8 Å². The first-order chi connectivity index (χ1) is 13.1. The minimum absolute atomic E-state index is 0.187. The van der Waals surface area contributed by atoms with E-state index in [1.54, 1.807) is 4.68 Å². The van der Waals surface area contributed by atoms with Gasteiger partial charge in [0, 0.05) is 50.6 Å². The fourth-order valence-electron chi connectivity index (χ4n) is 3.01. The third-order valence-electron chi connectivity index (χ3n) is 4.52. The van der Waals surface area contributed by atoms with Crippen molar-refractivity contribution in [3.05, 3.63) is 35.8 Å². The lowest BCUT2D eigenvalue weighted by molar-refractivity contribution is -0.132. The zero-order valence-corrected chi connectivity index (χ0v) is 15.9. The maximum absolute atomic E-state index is 11.8. The number of carbonyl (C=O) groups excluding carboxylic acids is 1. The van der Waals surface area contributed by atoms with E-state index in [2.05, 4.69) is 37.2 Å². The van der Waals surface area contributed by atoms with Gasteiger partial charge < -0.3 is 15.1 Å². The van der Waals surface area contributed by atoms with E-state index in [4.69, 9.17) is 0 Å². The van der Waals surface area contributed by atoms with Crippen LogP contribution in [-0.2, 0) is 11.3 Å². The number of aliphatic imine (C=N–C) groups is 1. The molecule has 1 aliphatic heterocycles. The smallest absolute Gasteiger partial charge is 0.243 e. The molecule has 1 aliphatic rings. The maximum Gasteiger partial charge on any atom is 0.243 e. The average Bonchev–Trinajstić information content (AvgIpc) is 3.32. The molecule has 144 valence electrons. The summed E-state index contributed by atoms with van der Waals surface area (Å²) >= 11 is 0. The number of amides is 1. The number of anilines is 1. The summed E-state index contributed by atoms with van der Waals surface area (Å²) in [5.41, 5.74) is 1.99. The van der Waals surface area contributed by atoms with Gasteiger partial charge in [-0.25, -0.2) is 9.67 Å². The monoisotopic (exact) mass is 370 g/mol. The van der Waals surface area contributed by atoms with E-state index in [0.29, 0.717) is 45.1 Å². The molecule has 0 atom stereocenters. The summed E-state index contributed by atoms with van der Waals surface area (Å²) < 4.78 is 1.79. The maximum atomic E-state index is 11.8. The van der Waals surface area contributed by atoms with Crippen LogP contribution in [0.1, 0.15) is 24.7 Å². The van der Waals surface area contributed by atoms with Crippen molar-refractivity contribution in [1.82, 2.24) is 24.7 Å². The van der Waals surface area contributed by atoms with Crippen LogP contribution < -0.4 is 5.32 Å². The van der Waals surface area contributed by atoms with E-state index in [-0.39, 0.29) is 5.91 Å². The third kappa shape index (κ3) is 4.55. The number of aryl methyl sites for hydroxylation is 1. The summed E-state index contributed by atoms with van der Waals surface area (Å²) in [4.78, 5) is 19.9. The molecule has 0 spiro atoms. The highest BCUT2D eigenvalue weighted by atomic mass is 16.2. The normalized spacial score (nSPS) is 15.1. The summed E-state index contributed by atoms with van der Waals surface area (Å²) in [6, 6.07) is 5.88. The van der Waals surface area contributed by atoms with Gasteiger partial charge in [0.25, 0.3) is 0 Å². The molecule has 1 amide bonds. The Bertz CT molecular complexity index is 813. The molecule has 1 saturated heterocycles. The summed E-state index contributed by atoms with van der Waals surface area (Å²) in [6.07, 6.45) is 2.42. The summed E-state index contributed by atoms with van der Waals surface area (Å²) in [7, 11) is 0. The van der Waals surface area contributed by atoms with E-state index in [1.807, 2.05) is 43.1 Å². The first-order valence-corrected chi connectivity index (χ1v) is 9.11. The van der Waals surface area contributed by atoms with Gasteiger partial charge in [0.2, 0.25) is 11.9 Å². The molecule has 0 radical (unpaired) electrons. The topological polar surface area (TPSA) is 93.9 Å². The zero-order chi connectivity index (χ0) is 19.2. The van der Waals surface area contributed by atoms with Gasteiger partial charge in [0.05, 0.1) is 12.2 Å². The number of piperazine rings is 1. The second-order valence-electron chi connectivity index (χ2n) is 6.41. The molecule has 9 heteroatoms. The molecular weight excluding hydrogens is 344 g/mol. The molecular formula is C18H26N8O. The van der Waals surface area contributed by atoms with Crippen LogP contribution in [0.15, 0.2) is 34.5 Å². The van der Waals surface area contributed by atoms with E-state index in [9.17, 15) is 4.79 Å². The summed E-state index contributed by atoms with van der Waals surface area (Å²) in [6.45, 7) is 10.9. The van der Waals surface area contributed by atoms with Crippen LogP contribution in [0.3, 0.4) is 0 Å². The fraction of sp³-hybridized carbons (Fsp3) is 0.444. The lowest BCUT2D eigenvalue weighted by atomic mass is 10.3. The van der Waals surface area contributed by atoms with Crippen LogP contribution in [0.25, 0.3) is 0 Å². The highest BCUT2D eigenvalue weighted by Crippen LogP contribution is 2.10. The predicted octanol–water partition coefficient (Wildman–Crippen LogP) is 1.51. The number of aromatic nitrogens is 3. The number of aromatic amines is 1. The molecule has 0 aromatic carbocycles. The van der Waals surface area contributed by atoms with E-state index in [0.717, 1.165) is 17.2 Å². The summed E-state index contributed by atoms with van der Waals surface area (Å²) in [5, 5.41) is 15.0. The highest BCUT2D eigenvalue weighted by molar-refractivity contribution is 5.84. The standard InChI is InChI=1S/C18H26N8O/c1-4-17(27)24-8-10-25(11-9-24)18(19-3)23-26-7-5-6-15(26)13-20-16-12-14(2)21-22-16/h5-7,12H,3-4,8-11,13H2,1-2H3,(H2,20,21,22). The molecule has 9 nitrogen and oxygen atoms in total. The van der Waals surface area contributed by atoms with Gasteiger partial charge in [-0.3, -0.25) is 9.89 Å². The van der Waals surface area contributed by atoms with Crippen LogP contribution in [0.5, 0.6) is 0 Å². The van der Waals surface area contributed by atoms with E-state index >= 15 is 0 Å². The van der Waals surface area contributed by atoms with Gasteiger partial charge in [0.15, 0.2) is 0 Å². The van der Waals surface area contributed by atoms with Crippen molar-refractivity contribution in [2.24, 2.45) is 10.1 Å². The second kappa shape index (κ2) is 8.52. The number of H-pyrrole nitrogens is 1. The molecule has 27 heavy (non-hydrogen) atoms. The van der Waals surface area contributed by atoms with Crippen molar-refractivity contribution < 1.29 is 4.79 Å². The Morgan fingerprint density at radius 2 is 2.07 bits per heavy atom. The number of nitrogens with zero attached hydrogens (tertiary/aromatic N) is 6. The fourth-order valence-corrected chi connectivity index (χ4v) is 3.01. The molecule has 3 rings (SSSR count). The number of carbonyl (C=O) groups is 1. The van der Waals surface area contributed by atoms with Crippen molar-refractivity contribution in [3.8, 4) is 0 Å². The molecule has 2 aromatic heterocycles. The largest absolute Gasteiger partial charge is 0.363 e. The lowest BCUT2D eigenvalue weighted by Crippen LogP contribution is -2.50. The molecule has 2 aromatic rings. The van der Waals surface area contributed by atoms with Crippen LogP contribution in [-0.4, -0.2) is 69.4 Å². The molecule has 0 bridgehead atoms. The van der Waals surface area contributed by atoms with Gasteiger partial charge >= 0.3 is 0 Å². The summed E-state index contributed by atoms with van der Waals surface area (Å²) in [5.74, 6) is 1.54.